The number of hydrogen-bond donors (Lipinski definition) is 3. The Morgan fingerprint density at radius 3 is 2.62 bits per heavy atom. The molecule has 2 amide bonds. The number of amides is 2. The highest BCUT2D eigenvalue weighted by atomic mass is 35.5. The molecule has 1 aliphatic heterocycles. The van der Waals surface area contributed by atoms with Gasteiger partial charge in [-0.2, -0.15) is 0 Å². The molecule has 1 heterocycles. The maximum Gasteiger partial charge on any atom is 0.251 e. The van der Waals surface area contributed by atoms with E-state index in [9.17, 15) is 9.59 Å². The van der Waals surface area contributed by atoms with Crippen LogP contribution in [0.25, 0.3) is 0 Å². The Morgan fingerprint density at radius 2 is 1.96 bits per heavy atom. The number of carbonyl (C=O) groups is 2. The van der Waals surface area contributed by atoms with Gasteiger partial charge in [-0.15, -0.1) is 12.4 Å². The molecule has 0 spiro atoms. The Balaban J connectivity index is 0.00000288. The highest BCUT2D eigenvalue weighted by Gasteiger charge is 2.15. The van der Waals surface area contributed by atoms with Crippen LogP contribution in [-0.2, 0) is 4.79 Å². The molecule has 3 N–H and O–H groups in total. The summed E-state index contributed by atoms with van der Waals surface area (Å²) >= 11 is 0. The van der Waals surface area contributed by atoms with Gasteiger partial charge in [0, 0.05) is 24.2 Å². The highest BCUT2D eigenvalue weighted by molar-refractivity contribution is 5.97. The molecule has 2 rings (SSSR count). The molecule has 1 aliphatic rings. The zero-order valence-corrected chi connectivity index (χ0v) is 15.3. The Labute approximate surface area is 150 Å². The van der Waals surface area contributed by atoms with E-state index in [1.165, 1.54) is 0 Å². The minimum atomic E-state index is -0.113. The molecule has 134 valence electrons. The van der Waals surface area contributed by atoms with Crippen molar-refractivity contribution in [2.45, 2.75) is 39.5 Å². The second-order valence-electron chi connectivity index (χ2n) is 6.17. The molecule has 6 heteroatoms. The van der Waals surface area contributed by atoms with Gasteiger partial charge in [-0.05, 0) is 69.8 Å². The molecule has 0 bridgehead atoms. The molecule has 5 nitrogen and oxygen atoms in total. The van der Waals surface area contributed by atoms with Gasteiger partial charge in [-0.25, -0.2) is 0 Å². The molecule has 1 aromatic rings. The van der Waals surface area contributed by atoms with E-state index in [0.29, 0.717) is 24.4 Å². The van der Waals surface area contributed by atoms with E-state index in [4.69, 9.17) is 0 Å². The predicted molar refractivity (Wildman–Crippen MR) is 99.9 cm³/mol. The number of piperidine rings is 1. The lowest BCUT2D eigenvalue weighted by Crippen LogP contribution is -2.28. The van der Waals surface area contributed by atoms with Gasteiger partial charge in [0.15, 0.2) is 0 Å². The van der Waals surface area contributed by atoms with Crippen LogP contribution in [-0.4, -0.2) is 31.4 Å². The molecule has 0 aromatic heterocycles. The summed E-state index contributed by atoms with van der Waals surface area (Å²) in [6.45, 7) is 6.52. The van der Waals surface area contributed by atoms with E-state index in [1.807, 2.05) is 19.9 Å². The second-order valence-corrected chi connectivity index (χ2v) is 6.17. The lowest BCUT2D eigenvalue weighted by atomic mass is 9.93. The van der Waals surface area contributed by atoms with Crippen LogP contribution in [0.2, 0.25) is 0 Å². The Kier molecular flexibility index (Phi) is 8.79. The third-order valence-corrected chi connectivity index (χ3v) is 4.35. The molecular formula is C18H28ClN3O2. The third-order valence-electron chi connectivity index (χ3n) is 4.35. The fourth-order valence-corrected chi connectivity index (χ4v) is 2.88. The van der Waals surface area contributed by atoms with E-state index in [0.717, 1.165) is 43.6 Å². The van der Waals surface area contributed by atoms with Crippen molar-refractivity contribution in [3.63, 3.8) is 0 Å². The van der Waals surface area contributed by atoms with Crippen molar-refractivity contribution >= 4 is 29.9 Å². The average molecular weight is 354 g/mol. The maximum absolute atomic E-state index is 12.2. The number of nitrogens with one attached hydrogen (secondary N) is 3. The SMILES string of the molecule is CCNC(=O)c1ccc(C)c(NC(=O)CCC2CCNCC2)c1.Cl. The van der Waals surface area contributed by atoms with Crippen LogP contribution in [0, 0.1) is 12.8 Å². The number of rotatable bonds is 6. The van der Waals surface area contributed by atoms with E-state index in [1.54, 1.807) is 12.1 Å². The fourth-order valence-electron chi connectivity index (χ4n) is 2.88. The van der Waals surface area contributed by atoms with Crippen LogP contribution in [0.4, 0.5) is 5.69 Å². The van der Waals surface area contributed by atoms with Crippen molar-refractivity contribution in [3.8, 4) is 0 Å². The summed E-state index contributed by atoms with van der Waals surface area (Å²) in [6.07, 6.45) is 3.77. The summed E-state index contributed by atoms with van der Waals surface area (Å²) in [5, 5.41) is 9.06. The van der Waals surface area contributed by atoms with Gasteiger partial charge in [0.25, 0.3) is 5.91 Å². The number of benzene rings is 1. The van der Waals surface area contributed by atoms with Gasteiger partial charge in [0.1, 0.15) is 0 Å². The van der Waals surface area contributed by atoms with E-state index < -0.39 is 0 Å². The quantitative estimate of drug-likeness (QED) is 0.736. The molecule has 0 atom stereocenters. The summed E-state index contributed by atoms with van der Waals surface area (Å²) in [5.41, 5.74) is 2.27. The van der Waals surface area contributed by atoms with Crippen molar-refractivity contribution in [3.05, 3.63) is 29.3 Å². The first-order valence-corrected chi connectivity index (χ1v) is 8.49. The fraction of sp³-hybridized carbons (Fsp3) is 0.556. The predicted octanol–water partition coefficient (Wildman–Crippen LogP) is 2.88. The average Bonchev–Trinajstić information content (AvgIpc) is 2.56. The molecule has 1 fully saturated rings. The topological polar surface area (TPSA) is 70.2 Å². The summed E-state index contributed by atoms with van der Waals surface area (Å²) in [4.78, 5) is 24.1. The number of halogens is 1. The van der Waals surface area contributed by atoms with E-state index in [-0.39, 0.29) is 24.2 Å². The first-order chi connectivity index (χ1) is 11.1. The standard InChI is InChI=1S/C18H27N3O2.ClH/c1-3-20-18(23)15-6-4-13(2)16(12-15)21-17(22)7-5-14-8-10-19-11-9-14;/h4,6,12,14,19H,3,5,7-11H2,1-2H3,(H,20,23)(H,21,22);1H. The van der Waals surface area contributed by atoms with Crippen LogP contribution >= 0.6 is 12.4 Å². The molecule has 0 aliphatic carbocycles. The van der Waals surface area contributed by atoms with Crippen molar-refractivity contribution in [2.75, 3.05) is 25.0 Å². The number of hydrogen-bond acceptors (Lipinski definition) is 3. The van der Waals surface area contributed by atoms with Gasteiger partial charge in [-0.3, -0.25) is 9.59 Å². The molecule has 24 heavy (non-hydrogen) atoms. The second kappa shape index (κ2) is 10.3. The van der Waals surface area contributed by atoms with Crippen LogP contribution in [0.3, 0.4) is 0 Å². The van der Waals surface area contributed by atoms with Crippen molar-refractivity contribution in [1.82, 2.24) is 10.6 Å². The Hall–Kier alpha value is -1.59. The van der Waals surface area contributed by atoms with Gasteiger partial charge in [-0.1, -0.05) is 6.07 Å². The molecule has 0 radical (unpaired) electrons. The number of aryl methyl sites for hydroxylation is 1. The monoisotopic (exact) mass is 353 g/mol. The number of anilines is 1. The summed E-state index contributed by atoms with van der Waals surface area (Å²) in [7, 11) is 0. The first-order valence-electron chi connectivity index (χ1n) is 8.49. The Bertz CT molecular complexity index is 557. The maximum atomic E-state index is 12.2. The van der Waals surface area contributed by atoms with Gasteiger partial charge >= 0.3 is 0 Å². The normalized spacial score (nSPS) is 14.6. The smallest absolute Gasteiger partial charge is 0.251 e. The van der Waals surface area contributed by atoms with Crippen LogP contribution in [0.1, 0.15) is 48.5 Å². The minimum Gasteiger partial charge on any atom is -0.352 e. The summed E-state index contributed by atoms with van der Waals surface area (Å²) < 4.78 is 0. The van der Waals surface area contributed by atoms with E-state index in [2.05, 4.69) is 16.0 Å². The van der Waals surface area contributed by atoms with Gasteiger partial charge < -0.3 is 16.0 Å². The summed E-state index contributed by atoms with van der Waals surface area (Å²) in [5.74, 6) is 0.558. The first kappa shape index (κ1) is 20.5. The highest BCUT2D eigenvalue weighted by Crippen LogP contribution is 2.20. The zero-order valence-electron chi connectivity index (χ0n) is 14.5. The van der Waals surface area contributed by atoms with Gasteiger partial charge in [0.2, 0.25) is 5.91 Å². The van der Waals surface area contributed by atoms with Crippen molar-refractivity contribution < 1.29 is 9.59 Å². The summed E-state index contributed by atoms with van der Waals surface area (Å²) in [6, 6.07) is 5.40. The lowest BCUT2D eigenvalue weighted by molar-refractivity contribution is -0.116. The van der Waals surface area contributed by atoms with Crippen LogP contribution in [0.5, 0.6) is 0 Å². The molecular weight excluding hydrogens is 326 g/mol. The van der Waals surface area contributed by atoms with Crippen LogP contribution in [0.15, 0.2) is 18.2 Å². The molecule has 1 saturated heterocycles. The third kappa shape index (κ3) is 6.13. The van der Waals surface area contributed by atoms with Crippen LogP contribution < -0.4 is 16.0 Å². The zero-order chi connectivity index (χ0) is 16.7. The van der Waals surface area contributed by atoms with Gasteiger partial charge in [0.05, 0.1) is 0 Å². The molecule has 1 aromatic carbocycles. The largest absolute Gasteiger partial charge is 0.352 e. The molecule has 0 saturated carbocycles. The lowest BCUT2D eigenvalue weighted by Gasteiger charge is -2.22. The number of carbonyl (C=O) groups excluding carboxylic acids is 2. The minimum absolute atomic E-state index is 0. The Morgan fingerprint density at radius 1 is 1.25 bits per heavy atom. The van der Waals surface area contributed by atoms with E-state index >= 15 is 0 Å². The van der Waals surface area contributed by atoms with Crippen molar-refractivity contribution in [1.29, 1.82) is 0 Å². The van der Waals surface area contributed by atoms with Crippen molar-refractivity contribution in [2.24, 2.45) is 5.92 Å². The molecule has 0 unspecified atom stereocenters.